The molecule has 0 fully saturated rings. The van der Waals surface area contributed by atoms with Crippen molar-refractivity contribution in [2.24, 2.45) is 7.05 Å². The quantitative estimate of drug-likeness (QED) is 0.592. The van der Waals surface area contributed by atoms with Crippen LogP contribution in [0.25, 0.3) is 22.2 Å². The molecular weight excluding hydrogens is 332 g/mol. The van der Waals surface area contributed by atoms with Crippen molar-refractivity contribution in [3.05, 3.63) is 53.7 Å². The molecule has 0 atom stereocenters. The molecular formula is C18H14N6O2. The maximum atomic E-state index is 12.6. The number of aromatic amines is 1. The molecule has 8 nitrogen and oxygen atoms in total. The molecule has 2 N–H and O–H groups in total. The Morgan fingerprint density at radius 1 is 1.38 bits per heavy atom. The highest BCUT2D eigenvalue weighted by atomic mass is 16.3. The normalized spacial score (nSPS) is 10.8. The standard InChI is InChI=1S/C18H14N6O2/c1-10-15(8-19)24(2)23-16(10)18(25)20-12-3-4-14-13(7-12)17(22-21-14)11-5-6-26-9-11/h3-7,9H,1-2H3,(H,20,25)(H,21,22). The zero-order valence-electron chi connectivity index (χ0n) is 14.1. The monoisotopic (exact) mass is 346 g/mol. The van der Waals surface area contributed by atoms with E-state index in [2.05, 4.69) is 20.6 Å². The van der Waals surface area contributed by atoms with E-state index in [-0.39, 0.29) is 11.6 Å². The fourth-order valence-corrected chi connectivity index (χ4v) is 2.90. The van der Waals surface area contributed by atoms with Gasteiger partial charge in [-0.3, -0.25) is 14.6 Å². The van der Waals surface area contributed by atoms with Crippen molar-refractivity contribution in [1.29, 1.82) is 5.26 Å². The summed E-state index contributed by atoms with van der Waals surface area (Å²) in [5.74, 6) is -0.368. The van der Waals surface area contributed by atoms with Crippen LogP contribution in [0.3, 0.4) is 0 Å². The van der Waals surface area contributed by atoms with Crippen LogP contribution in [0.1, 0.15) is 21.7 Å². The molecule has 4 rings (SSSR count). The molecule has 0 bridgehead atoms. The summed E-state index contributed by atoms with van der Waals surface area (Å²) >= 11 is 0. The molecule has 0 saturated heterocycles. The number of carbonyl (C=O) groups is 1. The third-order valence-corrected chi connectivity index (χ3v) is 4.22. The number of furan rings is 1. The van der Waals surface area contributed by atoms with Crippen molar-refractivity contribution >= 4 is 22.5 Å². The highest BCUT2D eigenvalue weighted by Crippen LogP contribution is 2.29. The summed E-state index contributed by atoms with van der Waals surface area (Å²) in [6.45, 7) is 1.71. The number of benzene rings is 1. The summed E-state index contributed by atoms with van der Waals surface area (Å²) in [4.78, 5) is 12.6. The number of aromatic nitrogens is 4. The minimum absolute atomic E-state index is 0.228. The SMILES string of the molecule is Cc1c(C(=O)Nc2ccc3[nH]nc(-c4ccoc4)c3c2)nn(C)c1C#N. The van der Waals surface area contributed by atoms with Gasteiger partial charge in [0.15, 0.2) is 5.69 Å². The minimum Gasteiger partial charge on any atom is -0.472 e. The third-order valence-electron chi connectivity index (χ3n) is 4.22. The first kappa shape index (κ1) is 15.7. The van der Waals surface area contributed by atoms with Crippen molar-refractivity contribution in [2.75, 3.05) is 5.32 Å². The van der Waals surface area contributed by atoms with Crippen LogP contribution in [-0.4, -0.2) is 25.9 Å². The van der Waals surface area contributed by atoms with E-state index in [1.807, 2.05) is 24.3 Å². The van der Waals surface area contributed by atoms with Crippen molar-refractivity contribution in [1.82, 2.24) is 20.0 Å². The van der Waals surface area contributed by atoms with Gasteiger partial charge in [-0.2, -0.15) is 15.5 Å². The lowest BCUT2D eigenvalue weighted by Gasteiger charge is -2.04. The molecule has 0 spiro atoms. The van der Waals surface area contributed by atoms with Crippen LogP contribution in [0.15, 0.2) is 41.2 Å². The molecule has 0 unspecified atom stereocenters. The number of anilines is 1. The van der Waals surface area contributed by atoms with E-state index in [1.165, 1.54) is 4.68 Å². The molecule has 0 aliphatic rings. The lowest BCUT2D eigenvalue weighted by Crippen LogP contribution is -2.14. The Balaban J connectivity index is 1.69. The summed E-state index contributed by atoms with van der Waals surface area (Å²) in [5.41, 5.74) is 4.19. The first-order valence-electron chi connectivity index (χ1n) is 7.84. The van der Waals surface area contributed by atoms with E-state index in [1.54, 1.807) is 32.6 Å². The van der Waals surface area contributed by atoms with Crippen molar-refractivity contribution in [3.8, 4) is 17.3 Å². The van der Waals surface area contributed by atoms with Crippen molar-refractivity contribution < 1.29 is 9.21 Å². The van der Waals surface area contributed by atoms with Gasteiger partial charge in [-0.1, -0.05) is 0 Å². The number of aryl methyl sites for hydroxylation is 1. The number of fused-ring (bicyclic) bond motifs is 1. The Bertz CT molecular complexity index is 1160. The van der Waals surface area contributed by atoms with E-state index < -0.39 is 0 Å². The number of hydrogen-bond donors (Lipinski definition) is 2. The number of rotatable bonds is 3. The van der Waals surface area contributed by atoms with E-state index in [4.69, 9.17) is 9.68 Å². The highest BCUT2D eigenvalue weighted by molar-refractivity contribution is 6.05. The number of hydrogen-bond acceptors (Lipinski definition) is 5. The first-order valence-corrected chi connectivity index (χ1v) is 7.84. The van der Waals surface area contributed by atoms with E-state index in [9.17, 15) is 4.79 Å². The van der Waals surface area contributed by atoms with Gasteiger partial charge in [-0.15, -0.1) is 0 Å². The van der Waals surface area contributed by atoms with Crippen LogP contribution in [0.4, 0.5) is 5.69 Å². The van der Waals surface area contributed by atoms with Gasteiger partial charge in [-0.05, 0) is 31.2 Å². The zero-order chi connectivity index (χ0) is 18.3. The van der Waals surface area contributed by atoms with Gasteiger partial charge in [0.25, 0.3) is 5.91 Å². The molecule has 0 saturated carbocycles. The Kier molecular flexibility index (Phi) is 3.55. The average Bonchev–Trinajstić information content (AvgIpc) is 3.33. The topological polar surface area (TPSA) is 113 Å². The predicted octanol–water partition coefficient (Wildman–Crippen LogP) is 2.99. The van der Waals surface area contributed by atoms with Crippen LogP contribution in [0.5, 0.6) is 0 Å². The molecule has 1 amide bonds. The van der Waals surface area contributed by atoms with Crippen LogP contribution >= 0.6 is 0 Å². The Labute approximate surface area is 148 Å². The molecule has 4 aromatic rings. The summed E-state index contributed by atoms with van der Waals surface area (Å²) in [6, 6.07) is 9.32. The molecule has 0 radical (unpaired) electrons. The zero-order valence-corrected chi connectivity index (χ0v) is 14.1. The summed E-state index contributed by atoms with van der Waals surface area (Å²) in [5, 5.41) is 24.2. The first-order chi connectivity index (χ1) is 12.6. The minimum atomic E-state index is -0.368. The maximum absolute atomic E-state index is 12.6. The summed E-state index contributed by atoms with van der Waals surface area (Å²) < 4.78 is 6.52. The van der Waals surface area contributed by atoms with Gasteiger partial charge in [0.1, 0.15) is 17.5 Å². The summed E-state index contributed by atoms with van der Waals surface area (Å²) in [7, 11) is 1.64. The third kappa shape index (κ3) is 2.43. The fraction of sp³-hybridized carbons (Fsp3) is 0.111. The number of nitrogens with zero attached hydrogens (tertiary/aromatic N) is 4. The second-order valence-electron chi connectivity index (χ2n) is 5.86. The number of amides is 1. The molecule has 26 heavy (non-hydrogen) atoms. The van der Waals surface area contributed by atoms with Crippen LogP contribution < -0.4 is 5.32 Å². The average molecular weight is 346 g/mol. The molecule has 3 aromatic heterocycles. The molecule has 128 valence electrons. The molecule has 3 heterocycles. The molecule has 8 heteroatoms. The molecule has 0 aliphatic carbocycles. The van der Waals surface area contributed by atoms with Crippen LogP contribution in [0.2, 0.25) is 0 Å². The number of nitrogens with one attached hydrogen (secondary N) is 2. The molecule has 0 aliphatic heterocycles. The summed E-state index contributed by atoms with van der Waals surface area (Å²) in [6.07, 6.45) is 3.19. The smallest absolute Gasteiger partial charge is 0.276 e. The van der Waals surface area contributed by atoms with Crippen LogP contribution in [0, 0.1) is 18.3 Å². The largest absolute Gasteiger partial charge is 0.472 e. The van der Waals surface area contributed by atoms with E-state index in [0.29, 0.717) is 16.9 Å². The van der Waals surface area contributed by atoms with E-state index >= 15 is 0 Å². The highest BCUT2D eigenvalue weighted by Gasteiger charge is 2.19. The fourth-order valence-electron chi connectivity index (χ4n) is 2.90. The van der Waals surface area contributed by atoms with E-state index in [0.717, 1.165) is 22.2 Å². The van der Waals surface area contributed by atoms with Crippen molar-refractivity contribution in [3.63, 3.8) is 0 Å². The van der Waals surface area contributed by atoms with Crippen molar-refractivity contribution in [2.45, 2.75) is 6.92 Å². The maximum Gasteiger partial charge on any atom is 0.276 e. The van der Waals surface area contributed by atoms with Gasteiger partial charge in [0, 0.05) is 29.2 Å². The second-order valence-corrected chi connectivity index (χ2v) is 5.86. The lowest BCUT2D eigenvalue weighted by atomic mass is 10.1. The molecule has 1 aromatic carbocycles. The van der Waals surface area contributed by atoms with Gasteiger partial charge < -0.3 is 9.73 Å². The van der Waals surface area contributed by atoms with Gasteiger partial charge in [0.2, 0.25) is 0 Å². The van der Waals surface area contributed by atoms with Gasteiger partial charge in [-0.25, -0.2) is 0 Å². The Morgan fingerprint density at radius 3 is 2.92 bits per heavy atom. The second kappa shape index (κ2) is 5.89. The number of carbonyl (C=O) groups excluding carboxylic acids is 1. The van der Waals surface area contributed by atoms with Crippen LogP contribution in [-0.2, 0) is 7.05 Å². The van der Waals surface area contributed by atoms with Gasteiger partial charge in [0.05, 0.1) is 18.0 Å². The predicted molar refractivity (Wildman–Crippen MR) is 94.4 cm³/mol. The number of nitriles is 1. The lowest BCUT2D eigenvalue weighted by molar-refractivity contribution is 0.102. The number of H-pyrrole nitrogens is 1. The Hall–Kier alpha value is -3.86. The van der Waals surface area contributed by atoms with Gasteiger partial charge >= 0.3 is 0 Å². The Morgan fingerprint density at radius 2 is 2.23 bits per heavy atom.